The fourth-order valence-corrected chi connectivity index (χ4v) is 2.08. The van der Waals surface area contributed by atoms with E-state index in [0.717, 1.165) is 5.56 Å². The summed E-state index contributed by atoms with van der Waals surface area (Å²) < 4.78 is 0. The smallest absolute Gasteiger partial charge is 0.224 e. The molecule has 1 amide bonds. The number of amides is 1. The van der Waals surface area contributed by atoms with E-state index in [4.69, 9.17) is 5.11 Å². The predicted octanol–water partition coefficient (Wildman–Crippen LogP) is 3.31. The zero-order valence-corrected chi connectivity index (χ0v) is 13.5. The van der Waals surface area contributed by atoms with Crippen LogP contribution in [0.2, 0.25) is 0 Å². The van der Waals surface area contributed by atoms with E-state index in [9.17, 15) is 4.79 Å². The first-order chi connectivity index (χ1) is 9.82. The molecule has 3 nitrogen and oxygen atoms in total. The number of carbonyl (C=O) groups is 1. The first-order valence-corrected chi connectivity index (χ1v) is 7.46. The normalized spacial score (nSPS) is 13.4. The topological polar surface area (TPSA) is 49.3 Å². The van der Waals surface area contributed by atoms with Crippen molar-refractivity contribution in [2.45, 2.75) is 46.6 Å². The molecule has 0 radical (unpaired) electrons. The predicted molar refractivity (Wildman–Crippen MR) is 87.9 cm³/mol. The molecule has 1 rings (SSSR count). The summed E-state index contributed by atoms with van der Waals surface area (Å²) in [6.07, 6.45) is 4.76. The van der Waals surface area contributed by atoms with Crippen molar-refractivity contribution in [2.24, 2.45) is 5.41 Å². The minimum Gasteiger partial charge on any atom is -0.396 e. The lowest BCUT2D eigenvalue weighted by Crippen LogP contribution is -2.44. The van der Waals surface area contributed by atoms with Gasteiger partial charge in [-0.05, 0) is 24.3 Å². The molecule has 1 unspecified atom stereocenters. The summed E-state index contributed by atoms with van der Waals surface area (Å²) in [5, 5.41) is 12.1. The number of hydrogen-bond acceptors (Lipinski definition) is 2. The molecule has 0 saturated carbocycles. The van der Waals surface area contributed by atoms with Crippen LogP contribution in [0.25, 0.3) is 6.08 Å². The largest absolute Gasteiger partial charge is 0.396 e. The van der Waals surface area contributed by atoms with Crippen molar-refractivity contribution >= 4 is 12.0 Å². The third-order valence-electron chi connectivity index (χ3n) is 3.49. The zero-order chi connectivity index (χ0) is 15.9. The van der Waals surface area contributed by atoms with Gasteiger partial charge in [-0.25, -0.2) is 0 Å². The van der Waals surface area contributed by atoms with Gasteiger partial charge in [0.05, 0.1) is 0 Å². The fourth-order valence-electron chi connectivity index (χ4n) is 2.08. The van der Waals surface area contributed by atoms with Gasteiger partial charge in [-0.15, -0.1) is 0 Å². The molecule has 1 aromatic rings. The Labute approximate surface area is 128 Å². The maximum absolute atomic E-state index is 12.0. The van der Waals surface area contributed by atoms with Crippen molar-refractivity contribution < 1.29 is 9.90 Å². The van der Waals surface area contributed by atoms with E-state index in [1.54, 1.807) is 0 Å². The molecule has 2 N–H and O–H groups in total. The summed E-state index contributed by atoms with van der Waals surface area (Å²) in [6, 6.07) is 8.16. The number of aryl methyl sites for hydroxylation is 1. The van der Waals surface area contributed by atoms with Crippen LogP contribution < -0.4 is 5.32 Å². The number of aliphatic hydroxyl groups excluding tert-OH is 1. The summed E-state index contributed by atoms with van der Waals surface area (Å²) in [5.74, 6) is -0.00765. The van der Waals surface area contributed by atoms with Gasteiger partial charge in [0.2, 0.25) is 5.91 Å². The van der Waals surface area contributed by atoms with Crippen molar-refractivity contribution in [3.05, 3.63) is 41.5 Å². The molecule has 116 valence electrons. The average Bonchev–Trinajstić information content (AvgIpc) is 2.39. The summed E-state index contributed by atoms with van der Waals surface area (Å²) >= 11 is 0. The summed E-state index contributed by atoms with van der Waals surface area (Å²) in [6.45, 7) is 8.33. The minimum atomic E-state index is -0.0565. The first-order valence-electron chi connectivity index (χ1n) is 7.46. The Hall–Kier alpha value is -1.61. The highest BCUT2D eigenvalue weighted by atomic mass is 16.3. The van der Waals surface area contributed by atoms with Gasteiger partial charge in [0.15, 0.2) is 0 Å². The maximum atomic E-state index is 12.0. The van der Waals surface area contributed by atoms with E-state index < -0.39 is 0 Å². The van der Waals surface area contributed by atoms with Crippen LogP contribution in [0.5, 0.6) is 0 Å². The zero-order valence-electron chi connectivity index (χ0n) is 13.5. The van der Waals surface area contributed by atoms with Gasteiger partial charge in [0.1, 0.15) is 0 Å². The monoisotopic (exact) mass is 289 g/mol. The molecule has 0 spiro atoms. The molecular weight excluding hydrogens is 262 g/mol. The number of rotatable bonds is 6. The molecule has 1 atom stereocenters. The molecule has 21 heavy (non-hydrogen) atoms. The van der Waals surface area contributed by atoms with Gasteiger partial charge >= 0.3 is 0 Å². The number of carbonyl (C=O) groups excluding carboxylic acids is 1. The number of nitrogens with one attached hydrogen (secondary N) is 1. The van der Waals surface area contributed by atoms with Gasteiger partial charge in [0, 0.05) is 19.1 Å². The molecule has 0 bridgehead atoms. The average molecular weight is 289 g/mol. The van der Waals surface area contributed by atoms with Gasteiger partial charge < -0.3 is 10.4 Å². The number of aliphatic hydroxyl groups is 1. The van der Waals surface area contributed by atoms with E-state index >= 15 is 0 Å². The van der Waals surface area contributed by atoms with Crippen LogP contribution in [0.4, 0.5) is 0 Å². The van der Waals surface area contributed by atoms with Crippen molar-refractivity contribution in [2.75, 3.05) is 6.61 Å². The van der Waals surface area contributed by atoms with Gasteiger partial charge in [-0.1, -0.05) is 62.8 Å². The molecular formula is C18H27NO2. The second kappa shape index (κ2) is 7.99. The second-order valence-electron chi connectivity index (χ2n) is 6.52. The lowest BCUT2D eigenvalue weighted by atomic mass is 9.85. The second-order valence-corrected chi connectivity index (χ2v) is 6.52. The highest BCUT2D eigenvalue weighted by molar-refractivity contribution is 5.78. The third kappa shape index (κ3) is 6.58. The van der Waals surface area contributed by atoms with Crippen LogP contribution in [0.1, 0.15) is 44.7 Å². The Balaban J connectivity index is 2.51. The van der Waals surface area contributed by atoms with Gasteiger partial charge in [-0.3, -0.25) is 4.79 Å². The van der Waals surface area contributed by atoms with Crippen LogP contribution in [-0.4, -0.2) is 23.7 Å². The SMILES string of the molecule is Cc1ccc(/C=C/CC(=O)NC(CCO)C(C)(C)C)cc1. The number of benzene rings is 1. The van der Waals surface area contributed by atoms with Gasteiger partial charge in [0.25, 0.3) is 0 Å². The Morgan fingerprint density at radius 2 is 1.90 bits per heavy atom. The lowest BCUT2D eigenvalue weighted by Gasteiger charge is -2.31. The maximum Gasteiger partial charge on any atom is 0.224 e. The first kappa shape index (κ1) is 17.4. The number of hydrogen-bond donors (Lipinski definition) is 2. The van der Waals surface area contributed by atoms with Crippen molar-refractivity contribution in [1.82, 2.24) is 5.32 Å². The van der Waals surface area contributed by atoms with Crippen LogP contribution in [0.15, 0.2) is 30.3 Å². The molecule has 0 saturated heterocycles. The third-order valence-corrected chi connectivity index (χ3v) is 3.49. The molecule has 3 heteroatoms. The van der Waals surface area contributed by atoms with Crippen molar-refractivity contribution in [1.29, 1.82) is 0 Å². The summed E-state index contributed by atoms with van der Waals surface area (Å²) in [5.41, 5.74) is 2.26. The van der Waals surface area contributed by atoms with Gasteiger partial charge in [-0.2, -0.15) is 0 Å². The molecule has 0 aliphatic heterocycles. The van der Waals surface area contributed by atoms with E-state index in [1.807, 2.05) is 24.3 Å². The highest BCUT2D eigenvalue weighted by Crippen LogP contribution is 2.21. The fraction of sp³-hybridized carbons (Fsp3) is 0.500. The lowest BCUT2D eigenvalue weighted by molar-refractivity contribution is -0.121. The van der Waals surface area contributed by atoms with E-state index in [0.29, 0.717) is 12.8 Å². The molecule has 1 aromatic carbocycles. The Kier molecular flexibility index (Phi) is 6.63. The van der Waals surface area contributed by atoms with Crippen LogP contribution >= 0.6 is 0 Å². The molecule has 0 aromatic heterocycles. The molecule has 0 aliphatic carbocycles. The van der Waals surface area contributed by atoms with E-state index in [-0.39, 0.29) is 24.0 Å². The minimum absolute atomic E-state index is 0.00765. The molecule has 0 fully saturated rings. The van der Waals surface area contributed by atoms with E-state index in [1.165, 1.54) is 5.56 Å². The molecule has 0 aliphatic rings. The van der Waals surface area contributed by atoms with Crippen molar-refractivity contribution in [3.8, 4) is 0 Å². The van der Waals surface area contributed by atoms with Crippen molar-refractivity contribution in [3.63, 3.8) is 0 Å². The quantitative estimate of drug-likeness (QED) is 0.844. The molecule has 0 heterocycles. The summed E-state index contributed by atoms with van der Waals surface area (Å²) in [7, 11) is 0. The summed E-state index contributed by atoms with van der Waals surface area (Å²) in [4.78, 5) is 12.0. The van der Waals surface area contributed by atoms with Crippen LogP contribution in [0.3, 0.4) is 0 Å². The Morgan fingerprint density at radius 1 is 1.29 bits per heavy atom. The highest BCUT2D eigenvalue weighted by Gasteiger charge is 2.25. The Morgan fingerprint density at radius 3 is 2.43 bits per heavy atom. The van der Waals surface area contributed by atoms with E-state index in [2.05, 4.69) is 45.1 Å². The standard InChI is InChI=1S/C18H27NO2/c1-14-8-10-15(11-9-14)6-5-7-17(21)19-16(12-13-20)18(2,3)4/h5-6,8-11,16,20H,7,12-13H2,1-4H3,(H,19,21)/b6-5+. The van der Waals surface area contributed by atoms with Crippen LogP contribution in [-0.2, 0) is 4.79 Å². The Bertz CT molecular complexity index is 469. The van der Waals surface area contributed by atoms with Crippen LogP contribution in [0, 0.1) is 12.3 Å².